The highest BCUT2D eigenvalue weighted by Crippen LogP contribution is 2.16. The van der Waals surface area contributed by atoms with Crippen molar-refractivity contribution in [2.24, 2.45) is 5.73 Å². The first-order valence-corrected chi connectivity index (χ1v) is 6.25. The van der Waals surface area contributed by atoms with Crippen molar-refractivity contribution in [3.63, 3.8) is 0 Å². The van der Waals surface area contributed by atoms with Gasteiger partial charge in [-0.1, -0.05) is 18.2 Å². The van der Waals surface area contributed by atoms with Crippen molar-refractivity contribution in [2.75, 3.05) is 6.54 Å². The minimum Gasteiger partial charge on any atom is -0.330 e. The summed E-state index contributed by atoms with van der Waals surface area (Å²) in [6, 6.07) is 6.47. The van der Waals surface area contributed by atoms with Gasteiger partial charge >= 0.3 is 0 Å². The van der Waals surface area contributed by atoms with Gasteiger partial charge < -0.3 is 5.73 Å². The van der Waals surface area contributed by atoms with Crippen LogP contribution in [0.4, 0.5) is 0 Å². The second-order valence-electron chi connectivity index (χ2n) is 3.33. The van der Waals surface area contributed by atoms with E-state index in [4.69, 9.17) is 10.3 Å². The molecule has 0 aliphatic rings. The van der Waals surface area contributed by atoms with Crippen LogP contribution in [-0.4, -0.2) is 19.5 Å². The summed E-state index contributed by atoms with van der Waals surface area (Å²) < 4.78 is 31.0. The zero-order valence-electron chi connectivity index (χ0n) is 8.39. The average Bonchev–Trinajstić information content (AvgIpc) is 2.17. The molecule has 0 saturated carbocycles. The molecule has 5 heteroatoms. The summed E-state index contributed by atoms with van der Waals surface area (Å²) >= 11 is 0. The molecule has 0 spiro atoms. The lowest BCUT2D eigenvalue weighted by atomic mass is 10.1. The number of aryl methyl sites for hydroxylation is 1. The lowest BCUT2D eigenvalue weighted by Crippen LogP contribution is -2.04. The monoisotopic (exact) mass is 229 g/mol. The first-order valence-electron chi connectivity index (χ1n) is 4.81. The van der Waals surface area contributed by atoms with Crippen molar-refractivity contribution in [1.29, 1.82) is 0 Å². The van der Waals surface area contributed by atoms with Crippen molar-refractivity contribution in [3.05, 3.63) is 29.8 Å². The zero-order chi connectivity index (χ0) is 11.3. The van der Waals surface area contributed by atoms with Crippen LogP contribution in [0.1, 0.15) is 18.4 Å². The molecule has 1 aromatic rings. The van der Waals surface area contributed by atoms with Crippen LogP contribution in [0.2, 0.25) is 0 Å². The van der Waals surface area contributed by atoms with Gasteiger partial charge in [0.2, 0.25) is 0 Å². The Morgan fingerprint density at radius 3 is 2.47 bits per heavy atom. The number of nitrogens with two attached hydrogens (primary N) is 1. The quantitative estimate of drug-likeness (QED) is 0.587. The molecule has 0 fully saturated rings. The fraction of sp³-hybridized carbons (Fsp3) is 0.400. The minimum absolute atomic E-state index is 0.00187. The van der Waals surface area contributed by atoms with Gasteiger partial charge in [0.1, 0.15) is 0 Å². The molecule has 0 aromatic heterocycles. The number of unbranched alkanes of at least 4 members (excludes halogenated alkanes) is 1. The van der Waals surface area contributed by atoms with Gasteiger partial charge in [-0.3, -0.25) is 4.55 Å². The molecule has 0 aliphatic heterocycles. The van der Waals surface area contributed by atoms with Gasteiger partial charge in [-0.2, -0.15) is 8.42 Å². The van der Waals surface area contributed by atoms with Crippen LogP contribution in [0.5, 0.6) is 0 Å². The molecule has 4 nitrogen and oxygen atoms in total. The van der Waals surface area contributed by atoms with Crippen LogP contribution < -0.4 is 5.73 Å². The summed E-state index contributed by atoms with van der Waals surface area (Å²) in [4.78, 5) is 0.00187. The molecule has 3 N–H and O–H groups in total. The molecule has 84 valence electrons. The van der Waals surface area contributed by atoms with Crippen molar-refractivity contribution in [3.8, 4) is 0 Å². The number of hydrogen-bond donors (Lipinski definition) is 2. The SMILES string of the molecule is NCCCCc1ccccc1S(=O)(=O)O. The van der Waals surface area contributed by atoms with E-state index in [1.807, 2.05) is 0 Å². The van der Waals surface area contributed by atoms with Crippen molar-refractivity contribution in [1.82, 2.24) is 0 Å². The van der Waals surface area contributed by atoms with Gasteiger partial charge in [-0.05, 0) is 37.4 Å². The predicted octanol–water partition coefficient (Wildman–Crippen LogP) is 1.21. The van der Waals surface area contributed by atoms with Crippen LogP contribution in [-0.2, 0) is 16.5 Å². The summed E-state index contributed by atoms with van der Waals surface area (Å²) in [5.74, 6) is 0. The highest BCUT2D eigenvalue weighted by atomic mass is 32.2. The van der Waals surface area contributed by atoms with Gasteiger partial charge in [0.25, 0.3) is 10.1 Å². The Hall–Kier alpha value is -0.910. The van der Waals surface area contributed by atoms with E-state index in [0.717, 1.165) is 12.8 Å². The Kier molecular flexibility index (Phi) is 4.26. The second-order valence-corrected chi connectivity index (χ2v) is 4.72. The van der Waals surface area contributed by atoms with Crippen LogP contribution >= 0.6 is 0 Å². The summed E-state index contributed by atoms with van der Waals surface area (Å²) in [6.07, 6.45) is 2.29. The molecular weight excluding hydrogens is 214 g/mol. The molecule has 1 rings (SSSR count). The summed E-state index contributed by atoms with van der Waals surface area (Å²) in [5, 5.41) is 0. The van der Waals surface area contributed by atoms with E-state index in [-0.39, 0.29) is 4.90 Å². The van der Waals surface area contributed by atoms with E-state index in [0.29, 0.717) is 18.5 Å². The molecular formula is C10H15NO3S. The molecule has 1 aromatic carbocycles. The van der Waals surface area contributed by atoms with Gasteiger partial charge in [0.05, 0.1) is 4.90 Å². The normalized spacial score (nSPS) is 11.6. The van der Waals surface area contributed by atoms with Gasteiger partial charge in [-0.25, -0.2) is 0 Å². The Morgan fingerprint density at radius 1 is 1.20 bits per heavy atom. The minimum atomic E-state index is -4.10. The Balaban J connectivity index is 2.88. The molecule has 0 unspecified atom stereocenters. The maximum absolute atomic E-state index is 11.0. The zero-order valence-corrected chi connectivity index (χ0v) is 9.20. The molecule has 0 heterocycles. The highest BCUT2D eigenvalue weighted by Gasteiger charge is 2.13. The smallest absolute Gasteiger partial charge is 0.294 e. The van der Waals surface area contributed by atoms with Gasteiger partial charge in [-0.15, -0.1) is 0 Å². The Morgan fingerprint density at radius 2 is 1.87 bits per heavy atom. The lowest BCUT2D eigenvalue weighted by molar-refractivity contribution is 0.482. The van der Waals surface area contributed by atoms with Crippen molar-refractivity contribution in [2.45, 2.75) is 24.2 Å². The van der Waals surface area contributed by atoms with Crippen molar-refractivity contribution < 1.29 is 13.0 Å². The van der Waals surface area contributed by atoms with Crippen LogP contribution in [0.3, 0.4) is 0 Å². The highest BCUT2D eigenvalue weighted by molar-refractivity contribution is 7.85. The van der Waals surface area contributed by atoms with E-state index in [2.05, 4.69) is 0 Å². The maximum atomic E-state index is 11.0. The molecule has 0 amide bonds. The number of hydrogen-bond acceptors (Lipinski definition) is 3. The topological polar surface area (TPSA) is 80.4 Å². The third kappa shape index (κ3) is 3.62. The fourth-order valence-electron chi connectivity index (χ4n) is 1.42. The van der Waals surface area contributed by atoms with E-state index < -0.39 is 10.1 Å². The summed E-state index contributed by atoms with van der Waals surface area (Å²) in [5.41, 5.74) is 6.00. The van der Waals surface area contributed by atoms with E-state index in [1.165, 1.54) is 6.07 Å². The fourth-order valence-corrected chi connectivity index (χ4v) is 2.17. The third-order valence-corrected chi connectivity index (χ3v) is 3.10. The first-order chi connectivity index (χ1) is 7.05. The lowest BCUT2D eigenvalue weighted by Gasteiger charge is -2.05. The van der Waals surface area contributed by atoms with E-state index in [1.54, 1.807) is 18.2 Å². The van der Waals surface area contributed by atoms with Crippen LogP contribution in [0.15, 0.2) is 29.2 Å². The summed E-state index contributed by atoms with van der Waals surface area (Å²) in [7, 11) is -4.10. The van der Waals surface area contributed by atoms with E-state index >= 15 is 0 Å². The molecule has 0 atom stereocenters. The molecule has 0 aliphatic carbocycles. The number of rotatable bonds is 5. The van der Waals surface area contributed by atoms with Gasteiger partial charge in [0.15, 0.2) is 0 Å². The van der Waals surface area contributed by atoms with Crippen LogP contribution in [0, 0.1) is 0 Å². The Labute approximate surface area is 89.9 Å². The molecule has 0 saturated heterocycles. The largest absolute Gasteiger partial charge is 0.330 e. The first kappa shape index (κ1) is 12.2. The molecule has 0 radical (unpaired) electrons. The summed E-state index contributed by atoms with van der Waals surface area (Å²) in [6.45, 7) is 0.591. The van der Waals surface area contributed by atoms with Crippen LogP contribution in [0.25, 0.3) is 0 Å². The van der Waals surface area contributed by atoms with Gasteiger partial charge in [0, 0.05) is 0 Å². The number of benzene rings is 1. The second kappa shape index (κ2) is 5.25. The molecule has 15 heavy (non-hydrogen) atoms. The third-order valence-electron chi connectivity index (χ3n) is 2.15. The maximum Gasteiger partial charge on any atom is 0.294 e. The van der Waals surface area contributed by atoms with E-state index in [9.17, 15) is 8.42 Å². The molecule has 0 bridgehead atoms. The predicted molar refractivity (Wildman–Crippen MR) is 58.2 cm³/mol. The standard InChI is InChI=1S/C10H15NO3S/c11-8-4-3-6-9-5-1-2-7-10(9)15(12,13)14/h1-2,5,7H,3-4,6,8,11H2,(H,12,13,14). The van der Waals surface area contributed by atoms with Crippen molar-refractivity contribution >= 4 is 10.1 Å². The Bertz CT molecular complexity index is 414. The average molecular weight is 229 g/mol.